The fourth-order valence-corrected chi connectivity index (χ4v) is 3.39. The van der Waals surface area contributed by atoms with Crippen LogP contribution in [0.2, 0.25) is 0 Å². The lowest BCUT2D eigenvalue weighted by molar-refractivity contribution is 0.122. The molecule has 1 saturated heterocycles. The van der Waals surface area contributed by atoms with Crippen LogP contribution >= 0.6 is 11.3 Å². The number of anilines is 1. The molecule has 2 amide bonds. The van der Waals surface area contributed by atoms with Crippen LogP contribution in [0.5, 0.6) is 5.75 Å². The van der Waals surface area contributed by atoms with E-state index in [0.29, 0.717) is 25.3 Å². The molecule has 1 aliphatic rings. The summed E-state index contributed by atoms with van der Waals surface area (Å²) < 4.78 is 5.33. The van der Waals surface area contributed by atoms with Crippen LogP contribution in [0.1, 0.15) is 17.4 Å². The molecular formula is C17H22N4O4S. The van der Waals surface area contributed by atoms with Crippen molar-refractivity contribution in [3.8, 4) is 5.75 Å². The molecule has 3 rings (SSSR count). The van der Waals surface area contributed by atoms with E-state index in [2.05, 4.69) is 20.5 Å². The summed E-state index contributed by atoms with van der Waals surface area (Å²) in [5, 5.41) is 27.5. The molecule has 9 heteroatoms. The quantitative estimate of drug-likeness (QED) is 0.602. The summed E-state index contributed by atoms with van der Waals surface area (Å²) in [5.74, 6) is 0.131. The van der Waals surface area contributed by atoms with E-state index in [4.69, 9.17) is 4.74 Å². The maximum atomic E-state index is 11.9. The van der Waals surface area contributed by atoms with Crippen LogP contribution < -0.4 is 15.5 Å². The van der Waals surface area contributed by atoms with E-state index in [1.807, 2.05) is 5.38 Å². The highest BCUT2D eigenvalue weighted by Crippen LogP contribution is 2.21. The number of benzene rings is 1. The Bertz CT molecular complexity index is 716. The summed E-state index contributed by atoms with van der Waals surface area (Å²) in [6.45, 7) is 3.47. The lowest BCUT2D eigenvalue weighted by Gasteiger charge is -2.26. The minimum Gasteiger partial charge on any atom is -0.508 e. The third kappa shape index (κ3) is 5.07. The Balaban J connectivity index is 1.41. The molecule has 0 radical (unpaired) electrons. The molecule has 140 valence electrons. The van der Waals surface area contributed by atoms with Crippen LogP contribution in [-0.2, 0) is 11.3 Å². The molecule has 1 fully saturated rings. The van der Waals surface area contributed by atoms with E-state index in [0.717, 1.165) is 23.9 Å². The highest BCUT2D eigenvalue weighted by atomic mass is 32.1. The molecule has 2 aromatic rings. The molecule has 4 N–H and O–H groups in total. The number of urea groups is 1. The molecule has 26 heavy (non-hydrogen) atoms. The standard InChI is InChI=1S/C17H22N4O4S/c22-14-3-1-12(2-4-14)15(23)10-19-16(24)18-9-13-11-26-17(20-13)21-5-7-25-8-6-21/h1-4,11,15,22-23H,5-10H2,(H2,18,19,24). The third-order valence-electron chi connectivity index (χ3n) is 3.99. The highest BCUT2D eigenvalue weighted by molar-refractivity contribution is 7.13. The molecular weight excluding hydrogens is 356 g/mol. The number of aliphatic hydroxyl groups is 1. The number of nitrogens with zero attached hydrogens (tertiary/aromatic N) is 2. The van der Waals surface area contributed by atoms with E-state index in [9.17, 15) is 15.0 Å². The number of hydrogen-bond acceptors (Lipinski definition) is 7. The zero-order valence-electron chi connectivity index (χ0n) is 14.2. The predicted octanol–water partition coefficient (Wildman–Crippen LogP) is 1.22. The van der Waals surface area contributed by atoms with Crippen LogP contribution in [0, 0.1) is 0 Å². The van der Waals surface area contributed by atoms with Crippen molar-refractivity contribution in [3.63, 3.8) is 0 Å². The van der Waals surface area contributed by atoms with Gasteiger partial charge < -0.3 is 30.5 Å². The van der Waals surface area contributed by atoms with Gasteiger partial charge in [-0.2, -0.15) is 0 Å². The van der Waals surface area contributed by atoms with Gasteiger partial charge in [-0.3, -0.25) is 0 Å². The van der Waals surface area contributed by atoms with Crippen LogP contribution in [-0.4, -0.2) is 54.1 Å². The van der Waals surface area contributed by atoms with Gasteiger partial charge in [0, 0.05) is 25.0 Å². The summed E-state index contributed by atoms with van der Waals surface area (Å²) in [6.07, 6.45) is -0.839. The molecule has 0 saturated carbocycles. The van der Waals surface area contributed by atoms with Gasteiger partial charge in [0.05, 0.1) is 31.6 Å². The predicted molar refractivity (Wildman–Crippen MR) is 98.5 cm³/mol. The number of thiazole rings is 1. The maximum Gasteiger partial charge on any atom is 0.315 e. The Labute approximate surface area is 155 Å². The molecule has 0 aliphatic carbocycles. The fraction of sp³-hybridized carbons (Fsp3) is 0.412. The van der Waals surface area contributed by atoms with Gasteiger partial charge in [-0.05, 0) is 17.7 Å². The second kappa shape index (κ2) is 8.84. The lowest BCUT2D eigenvalue weighted by atomic mass is 10.1. The first-order valence-electron chi connectivity index (χ1n) is 8.37. The monoisotopic (exact) mass is 378 g/mol. The average Bonchev–Trinajstić information content (AvgIpc) is 3.15. The Morgan fingerprint density at radius 2 is 2.00 bits per heavy atom. The number of rotatable bonds is 6. The number of phenolic OH excluding ortho intramolecular Hbond substituents is 1. The number of aliphatic hydroxyl groups excluding tert-OH is 1. The van der Waals surface area contributed by atoms with Crippen molar-refractivity contribution in [3.05, 3.63) is 40.9 Å². The van der Waals surface area contributed by atoms with Crippen LogP contribution in [0.15, 0.2) is 29.6 Å². The summed E-state index contributed by atoms with van der Waals surface area (Å²) in [4.78, 5) is 18.6. The van der Waals surface area contributed by atoms with Crippen molar-refractivity contribution in [2.24, 2.45) is 0 Å². The number of nitrogens with one attached hydrogen (secondary N) is 2. The van der Waals surface area contributed by atoms with Crippen LogP contribution in [0.4, 0.5) is 9.93 Å². The van der Waals surface area contributed by atoms with E-state index >= 15 is 0 Å². The van der Waals surface area contributed by atoms with Crippen molar-refractivity contribution in [1.82, 2.24) is 15.6 Å². The number of carbonyl (C=O) groups is 1. The number of phenols is 1. The largest absolute Gasteiger partial charge is 0.508 e. The van der Waals surface area contributed by atoms with E-state index in [1.165, 1.54) is 12.1 Å². The van der Waals surface area contributed by atoms with Gasteiger partial charge in [-0.1, -0.05) is 12.1 Å². The number of morpholine rings is 1. The van der Waals surface area contributed by atoms with Crippen LogP contribution in [0.25, 0.3) is 0 Å². The summed E-state index contributed by atoms with van der Waals surface area (Å²) in [5.41, 5.74) is 1.42. The second-order valence-corrected chi connectivity index (χ2v) is 6.73. The topological polar surface area (TPSA) is 107 Å². The molecule has 1 unspecified atom stereocenters. The van der Waals surface area contributed by atoms with Crippen LogP contribution in [0.3, 0.4) is 0 Å². The lowest BCUT2D eigenvalue weighted by Crippen LogP contribution is -2.37. The first kappa shape index (κ1) is 18.4. The number of aromatic nitrogens is 1. The SMILES string of the molecule is O=C(NCc1csc(N2CCOCC2)n1)NCC(O)c1ccc(O)cc1. The summed E-state index contributed by atoms with van der Waals surface area (Å²) in [6, 6.07) is 5.84. The fourth-order valence-electron chi connectivity index (χ4n) is 2.51. The van der Waals surface area contributed by atoms with Gasteiger partial charge in [0.15, 0.2) is 5.13 Å². The van der Waals surface area contributed by atoms with Gasteiger partial charge in [-0.25, -0.2) is 9.78 Å². The minimum atomic E-state index is -0.839. The number of ether oxygens (including phenoxy) is 1. The van der Waals surface area contributed by atoms with E-state index in [-0.39, 0.29) is 18.3 Å². The van der Waals surface area contributed by atoms with Crippen molar-refractivity contribution in [2.75, 3.05) is 37.7 Å². The molecule has 1 atom stereocenters. The smallest absolute Gasteiger partial charge is 0.315 e. The Hall–Kier alpha value is -2.36. The average molecular weight is 378 g/mol. The molecule has 2 heterocycles. The molecule has 1 aliphatic heterocycles. The van der Waals surface area contributed by atoms with Gasteiger partial charge in [-0.15, -0.1) is 11.3 Å². The van der Waals surface area contributed by atoms with E-state index in [1.54, 1.807) is 23.5 Å². The van der Waals surface area contributed by atoms with E-state index < -0.39 is 6.10 Å². The second-order valence-electron chi connectivity index (χ2n) is 5.89. The Morgan fingerprint density at radius 1 is 1.27 bits per heavy atom. The number of carbonyl (C=O) groups excluding carboxylic acids is 1. The number of amides is 2. The number of aromatic hydroxyl groups is 1. The number of hydrogen-bond donors (Lipinski definition) is 4. The van der Waals surface area contributed by atoms with Crippen molar-refractivity contribution < 1.29 is 19.7 Å². The minimum absolute atomic E-state index is 0.0761. The van der Waals surface area contributed by atoms with Gasteiger partial charge >= 0.3 is 6.03 Å². The highest BCUT2D eigenvalue weighted by Gasteiger charge is 2.15. The van der Waals surface area contributed by atoms with Gasteiger partial charge in [0.2, 0.25) is 0 Å². The molecule has 0 spiro atoms. The molecule has 0 bridgehead atoms. The first-order valence-corrected chi connectivity index (χ1v) is 9.25. The van der Waals surface area contributed by atoms with Crippen molar-refractivity contribution >= 4 is 22.5 Å². The molecule has 8 nitrogen and oxygen atoms in total. The zero-order chi connectivity index (χ0) is 18.4. The summed E-state index contributed by atoms with van der Waals surface area (Å²) >= 11 is 1.55. The first-order chi connectivity index (χ1) is 12.6. The normalized spacial score (nSPS) is 15.5. The van der Waals surface area contributed by atoms with Crippen molar-refractivity contribution in [2.45, 2.75) is 12.6 Å². The Kier molecular flexibility index (Phi) is 6.26. The third-order valence-corrected chi connectivity index (χ3v) is 4.94. The zero-order valence-corrected chi connectivity index (χ0v) is 15.0. The van der Waals surface area contributed by atoms with Gasteiger partial charge in [0.1, 0.15) is 5.75 Å². The maximum absolute atomic E-state index is 11.9. The van der Waals surface area contributed by atoms with Gasteiger partial charge in [0.25, 0.3) is 0 Å². The van der Waals surface area contributed by atoms with Crippen molar-refractivity contribution in [1.29, 1.82) is 0 Å². The summed E-state index contributed by atoms with van der Waals surface area (Å²) in [7, 11) is 0. The Morgan fingerprint density at radius 3 is 2.73 bits per heavy atom. The molecule has 1 aromatic carbocycles. The molecule has 1 aromatic heterocycles.